The van der Waals surface area contributed by atoms with Crippen molar-refractivity contribution in [2.45, 2.75) is 64.6 Å². The van der Waals surface area contributed by atoms with Crippen LogP contribution in [0.1, 0.15) is 47.0 Å². The molecule has 0 amide bonds. The molecule has 0 bridgehead atoms. The van der Waals surface area contributed by atoms with Crippen molar-refractivity contribution in [2.75, 3.05) is 0 Å². The maximum atomic E-state index is 13.5. The zero-order valence-electron chi connectivity index (χ0n) is 10.2. The van der Waals surface area contributed by atoms with Crippen LogP contribution in [0, 0.1) is 11.8 Å². The average molecular weight is 239 g/mol. The largest absolute Gasteiger partial charge is 0.390 e. The number of alkyl halides is 2. The molecule has 0 radical (unpaired) electrons. The van der Waals surface area contributed by atoms with Gasteiger partial charge in [0.15, 0.2) is 0 Å². The van der Waals surface area contributed by atoms with E-state index < -0.39 is 17.7 Å². The molecule has 0 aromatic carbocycles. The first kappa shape index (κ1) is 15.2. The summed E-state index contributed by atoms with van der Waals surface area (Å²) in [4.78, 5) is 0. The Hall–Kier alpha value is 0.180. The summed E-state index contributed by atoms with van der Waals surface area (Å²) in [5.74, 6) is 0.507. The first-order valence-corrected chi connectivity index (χ1v) is 6.31. The molecule has 5 unspecified atom stereocenters. The van der Waals surface area contributed by atoms with Gasteiger partial charge in [0.1, 0.15) is 6.17 Å². The summed E-state index contributed by atoms with van der Waals surface area (Å²) in [7, 11) is 0. The number of halogens is 2. The molecule has 0 saturated carbocycles. The molecule has 0 aliphatic heterocycles. The van der Waals surface area contributed by atoms with Crippen LogP contribution in [-0.4, -0.2) is 22.8 Å². The van der Waals surface area contributed by atoms with Crippen molar-refractivity contribution >= 4 is 11.6 Å². The van der Waals surface area contributed by atoms with Crippen LogP contribution in [0.15, 0.2) is 0 Å². The van der Waals surface area contributed by atoms with E-state index in [0.29, 0.717) is 5.92 Å². The van der Waals surface area contributed by atoms with Crippen LogP contribution in [0.2, 0.25) is 0 Å². The van der Waals surface area contributed by atoms with E-state index in [4.69, 9.17) is 16.7 Å². The Bertz CT molecular complexity index is 164. The molecule has 0 aliphatic carbocycles. The standard InChI is InChI=1S/C12H24ClFO/c1-5-6-7-8(2)9(3)11(13)12(14)10(4)15/h8-12,15H,5-7H2,1-4H3. The number of rotatable bonds is 7. The van der Waals surface area contributed by atoms with Crippen LogP contribution >= 0.6 is 11.6 Å². The smallest absolute Gasteiger partial charge is 0.142 e. The Labute approximate surface area is 98.0 Å². The molecule has 15 heavy (non-hydrogen) atoms. The summed E-state index contributed by atoms with van der Waals surface area (Å²) in [6.07, 6.45) is 1.08. The zero-order valence-corrected chi connectivity index (χ0v) is 11.0. The van der Waals surface area contributed by atoms with E-state index in [9.17, 15) is 4.39 Å². The molecule has 3 heteroatoms. The minimum absolute atomic E-state index is 0.0998. The van der Waals surface area contributed by atoms with Gasteiger partial charge in [-0.05, 0) is 18.8 Å². The quantitative estimate of drug-likeness (QED) is 0.670. The molecular weight excluding hydrogens is 215 g/mol. The normalized spacial score (nSPS) is 21.8. The fourth-order valence-corrected chi connectivity index (χ4v) is 2.12. The topological polar surface area (TPSA) is 20.2 Å². The van der Waals surface area contributed by atoms with Crippen molar-refractivity contribution in [1.82, 2.24) is 0 Å². The van der Waals surface area contributed by atoms with Gasteiger partial charge in [0.2, 0.25) is 0 Å². The lowest BCUT2D eigenvalue weighted by molar-refractivity contribution is 0.0745. The molecule has 0 fully saturated rings. The Morgan fingerprint density at radius 1 is 1.27 bits per heavy atom. The van der Waals surface area contributed by atoms with E-state index in [1.807, 2.05) is 6.92 Å². The highest BCUT2D eigenvalue weighted by molar-refractivity contribution is 6.21. The van der Waals surface area contributed by atoms with E-state index in [-0.39, 0.29) is 5.92 Å². The monoisotopic (exact) mass is 238 g/mol. The highest BCUT2D eigenvalue weighted by Gasteiger charge is 2.30. The fraction of sp³-hybridized carbons (Fsp3) is 1.00. The molecule has 0 aromatic rings. The molecule has 0 spiro atoms. The van der Waals surface area contributed by atoms with Gasteiger partial charge in [-0.1, -0.05) is 40.0 Å². The minimum Gasteiger partial charge on any atom is -0.390 e. The highest BCUT2D eigenvalue weighted by Crippen LogP contribution is 2.28. The van der Waals surface area contributed by atoms with Crippen molar-refractivity contribution < 1.29 is 9.50 Å². The third-order valence-electron chi connectivity index (χ3n) is 3.18. The predicted octanol–water partition coefficient (Wildman–Crippen LogP) is 3.78. The third-order valence-corrected chi connectivity index (χ3v) is 3.82. The van der Waals surface area contributed by atoms with E-state index in [1.165, 1.54) is 6.92 Å². The summed E-state index contributed by atoms with van der Waals surface area (Å²) in [5.41, 5.74) is 0. The fourth-order valence-electron chi connectivity index (χ4n) is 1.66. The number of aliphatic hydroxyl groups is 1. The number of unbranched alkanes of at least 4 members (excludes halogenated alkanes) is 1. The van der Waals surface area contributed by atoms with E-state index in [2.05, 4.69) is 13.8 Å². The van der Waals surface area contributed by atoms with Crippen molar-refractivity contribution in [1.29, 1.82) is 0 Å². The van der Waals surface area contributed by atoms with Crippen LogP contribution in [0.4, 0.5) is 4.39 Å². The number of aliphatic hydroxyl groups excluding tert-OH is 1. The van der Waals surface area contributed by atoms with Gasteiger partial charge in [-0.15, -0.1) is 11.6 Å². The molecule has 0 rings (SSSR count). The Morgan fingerprint density at radius 3 is 2.20 bits per heavy atom. The minimum atomic E-state index is -1.33. The molecule has 1 N–H and O–H groups in total. The molecule has 92 valence electrons. The van der Waals surface area contributed by atoms with Crippen LogP contribution in [0.25, 0.3) is 0 Å². The number of hydrogen-bond donors (Lipinski definition) is 1. The summed E-state index contributed by atoms with van der Waals surface area (Å²) >= 11 is 6.02. The van der Waals surface area contributed by atoms with E-state index in [1.54, 1.807) is 0 Å². The number of hydrogen-bond acceptors (Lipinski definition) is 1. The summed E-state index contributed by atoms with van der Waals surface area (Å²) in [6.45, 7) is 7.66. The van der Waals surface area contributed by atoms with Gasteiger partial charge in [0.25, 0.3) is 0 Å². The van der Waals surface area contributed by atoms with Gasteiger partial charge in [0, 0.05) is 0 Å². The van der Waals surface area contributed by atoms with E-state index in [0.717, 1.165) is 19.3 Å². The Morgan fingerprint density at radius 2 is 1.80 bits per heavy atom. The van der Waals surface area contributed by atoms with Crippen LogP contribution in [0.3, 0.4) is 0 Å². The lowest BCUT2D eigenvalue weighted by atomic mass is 9.86. The maximum Gasteiger partial charge on any atom is 0.142 e. The molecule has 5 atom stereocenters. The Kier molecular flexibility index (Phi) is 7.54. The zero-order chi connectivity index (χ0) is 12.0. The average Bonchev–Trinajstić information content (AvgIpc) is 2.22. The van der Waals surface area contributed by atoms with Crippen molar-refractivity contribution in [3.63, 3.8) is 0 Å². The van der Waals surface area contributed by atoms with Gasteiger partial charge >= 0.3 is 0 Å². The lowest BCUT2D eigenvalue weighted by Crippen LogP contribution is -2.35. The first-order valence-electron chi connectivity index (χ1n) is 5.88. The van der Waals surface area contributed by atoms with Gasteiger partial charge in [-0.3, -0.25) is 0 Å². The molecule has 0 aromatic heterocycles. The van der Waals surface area contributed by atoms with Gasteiger partial charge in [-0.25, -0.2) is 4.39 Å². The maximum absolute atomic E-state index is 13.5. The molecule has 0 heterocycles. The van der Waals surface area contributed by atoms with Crippen LogP contribution in [-0.2, 0) is 0 Å². The Balaban J connectivity index is 4.11. The summed E-state index contributed by atoms with van der Waals surface area (Å²) < 4.78 is 13.5. The van der Waals surface area contributed by atoms with Crippen LogP contribution in [0.5, 0.6) is 0 Å². The molecule has 1 nitrogen and oxygen atoms in total. The van der Waals surface area contributed by atoms with Gasteiger partial charge in [-0.2, -0.15) is 0 Å². The second kappa shape index (κ2) is 7.45. The second-order valence-electron chi connectivity index (χ2n) is 4.61. The van der Waals surface area contributed by atoms with Gasteiger partial charge < -0.3 is 5.11 Å². The second-order valence-corrected chi connectivity index (χ2v) is 5.11. The summed E-state index contributed by atoms with van der Waals surface area (Å²) in [5, 5.41) is 8.55. The molecule has 0 saturated heterocycles. The van der Waals surface area contributed by atoms with Gasteiger partial charge in [0.05, 0.1) is 11.5 Å². The SMILES string of the molecule is CCCCC(C)C(C)C(Cl)C(F)C(C)O. The highest BCUT2D eigenvalue weighted by atomic mass is 35.5. The van der Waals surface area contributed by atoms with Crippen LogP contribution < -0.4 is 0 Å². The van der Waals surface area contributed by atoms with E-state index >= 15 is 0 Å². The van der Waals surface area contributed by atoms with Crippen molar-refractivity contribution in [3.05, 3.63) is 0 Å². The molecule has 0 aliphatic rings. The lowest BCUT2D eigenvalue weighted by Gasteiger charge is -2.28. The first-order chi connectivity index (χ1) is 6.91. The summed E-state index contributed by atoms with van der Waals surface area (Å²) in [6, 6.07) is 0. The predicted molar refractivity (Wildman–Crippen MR) is 64.1 cm³/mol. The third kappa shape index (κ3) is 5.17. The van der Waals surface area contributed by atoms with Crippen molar-refractivity contribution in [2.24, 2.45) is 11.8 Å². The van der Waals surface area contributed by atoms with Crippen molar-refractivity contribution in [3.8, 4) is 0 Å². The molecular formula is C12H24ClFO.